The van der Waals surface area contributed by atoms with Gasteiger partial charge in [0.1, 0.15) is 5.69 Å². The number of nitrogens with zero attached hydrogens (tertiary/aromatic N) is 2. The maximum atomic E-state index is 12.1. The number of carbonyl (C=O) groups excluding carboxylic acids is 1. The average Bonchev–Trinajstić information content (AvgIpc) is 3.18. The predicted molar refractivity (Wildman–Crippen MR) is 86.9 cm³/mol. The van der Waals surface area contributed by atoms with E-state index in [2.05, 4.69) is 38.9 Å². The van der Waals surface area contributed by atoms with Crippen LogP contribution in [-0.2, 0) is 6.42 Å². The van der Waals surface area contributed by atoms with Crippen LogP contribution in [0.1, 0.15) is 20.9 Å². The van der Waals surface area contributed by atoms with Crippen LogP contribution in [0.3, 0.4) is 0 Å². The van der Waals surface area contributed by atoms with E-state index in [9.17, 15) is 4.79 Å². The number of pyridine rings is 1. The van der Waals surface area contributed by atoms with E-state index in [1.165, 1.54) is 10.4 Å². The van der Waals surface area contributed by atoms with Gasteiger partial charge in [0.2, 0.25) is 0 Å². The second-order valence-corrected chi connectivity index (χ2v) is 5.94. The first kappa shape index (κ1) is 14.5. The Morgan fingerprint density at radius 2 is 2.32 bits per heavy atom. The van der Waals surface area contributed by atoms with E-state index in [0.29, 0.717) is 17.9 Å². The second kappa shape index (κ2) is 6.53. The fourth-order valence-electron chi connectivity index (χ4n) is 2.15. The molecule has 0 bridgehead atoms. The van der Waals surface area contributed by atoms with Crippen LogP contribution in [0, 0.1) is 6.92 Å². The zero-order valence-corrected chi connectivity index (χ0v) is 13.0. The van der Waals surface area contributed by atoms with Gasteiger partial charge >= 0.3 is 0 Å². The van der Waals surface area contributed by atoms with Gasteiger partial charge in [0.15, 0.2) is 0 Å². The van der Waals surface area contributed by atoms with E-state index in [0.717, 1.165) is 12.0 Å². The Bertz CT molecular complexity index is 763. The highest BCUT2D eigenvalue weighted by atomic mass is 32.1. The van der Waals surface area contributed by atoms with Crippen molar-refractivity contribution in [2.24, 2.45) is 0 Å². The zero-order valence-electron chi connectivity index (χ0n) is 12.2. The predicted octanol–water partition coefficient (Wildman–Crippen LogP) is 2.81. The molecule has 3 rings (SSSR count). The van der Waals surface area contributed by atoms with Crippen molar-refractivity contribution in [3.63, 3.8) is 0 Å². The summed E-state index contributed by atoms with van der Waals surface area (Å²) in [4.78, 5) is 17.5. The molecule has 0 unspecified atom stereocenters. The third kappa shape index (κ3) is 3.23. The van der Waals surface area contributed by atoms with Crippen molar-refractivity contribution in [3.05, 3.63) is 58.2 Å². The van der Waals surface area contributed by atoms with Crippen LogP contribution in [0.15, 0.2) is 42.0 Å². The molecule has 0 aliphatic carbocycles. The van der Waals surface area contributed by atoms with Crippen molar-refractivity contribution >= 4 is 17.2 Å². The number of H-pyrrole nitrogens is 1. The van der Waals surface area contributed by atoms with Crippen LogP contribution in [-0.4, -0.2) is 27.6 Å². The van der Waals surface area contributed by atoms with Crippen LogP contribution < -0.4 is 5.32 Å². The number of nitrogens with one attached hydrogen (secondary N) is 2. The number of aromatic nitrogens is 3. The highest BCUT2D eigenvalue weighted by Crippen LogP contribution is 2.17. The van der Waals surface area contributed by atoms with Crippen molar-refractivity contribution in [2.45, 2.75) is 13.3 Å². The van der Waals surface area contributed by atoms with Crippen LogP contribution in [0.2, 0.25) is 0 Å². The van der Waals surface area contributed by atoms with Gasteiger partial charge in [-0.25, -0.2) is 0 Å². The second-order valence-electron chi connectivity index (χ2n) is 4.94. The van der Waals surface area contributed by atoms with Gasteiger partial charge < -0.3 is 5.32 Å². The summed E-state index contributed by atoms with van der Waals surface area (Å²) in [6.45, 7) is 2.70. The van der Waals surface area contributed by atoms with Gasteiger partial charge in [-0.1, -0.05) is 0 Å². The van der Waals surface area contributed by atoms with Crippen LogP contribution in [0.4, 0.5) is 0 Å². The maximum Gasteiger partial charge on any atom is 0.269 e. The van der Waals surface area contributed by atoms with Crippen molar-refractivity contribution < 1.29 is 4.79 Å². The number of rotatable bonds is 5. The summed E-state index contributed by atoms with van der Waals surface area (Å²) in [5, 5.41) is 11.9. The van der Waals surface area contributed by atoms with Crippen LogP contribution in [0.25, 0.3) is 11.3 Å². The van der Waals surface area contributed by atoms with E-state index in [-0.39, 0.29) is 5.91 Å². The molecule has 0 aliphatic rings. The molecule has 5 nitrogen and oxygen atoms in total. The van der Waals surface area contributed by atoms with Gasteiger partial charge in [0.05, 0.1) is 5.69 Å². The number of hydrogen-bond acceptors (Lipinski definition) is 4. The summed E-state index contributed by atoms with van der Waals surface area (Å²) >= 11 is 1.72. The smallest absolute Gasteiger partial charge is 0.269 e. The van der Waals surface area contributed by atoms with Gasteiger partial charge in [0, 0.05) is 29.4 Å². The van der Waals surface area contributed by atoms with Crippen molar-refractivity contribution in [1.82, 2.24) is 20.5 Å². The van der Waals surface area contributed by atoms with E-state index in [1.807, 2.05) is 12.1 Å². The van der Waals surface area contributed by atoms with Gasteiger partial charge in [-0.05, 0) is 48.6 Å². The maximum absolute atomic E-state index is 12.1. The molecule has 2 N–H and O–H groups in total. The van der Waals surface area contributed by atoms with Crippen LogP contribution >= 0.6 is 11.3 Å². The Morgan fingerprint density at radius 3 is 3.05 bits per heavy atom. The molecule has 0 spiro atoms. The fraction of sp³-hybridized carbons (Fsp3) is 0.188. The average molecular weight is 312 g/mol. The first-order valence-electron chi connectivity index (χ1n) is 7.01. The SMILES string of the molecule is Cc1ccsc1CCNC(=O)c1cc(-c2cccnc2)n[nH]1. The Balaban J connectivity index is 1.59. The van der Waals surface area contributed by atoms with Gasteiger partial charge in [-0.2, -0.15) is 5.10 Å². The minimum atomic E-state index is -0.142. The highest BCUT2D eigenvalue weighted by Gasteiger charge is 2.11. The molecule has 22 heavy (non-hydrogen) atoms. The molecule has 3 heterocycles. The molecule has 0 atom stereocenters. The molecule has 1 amide bonds. The van der Waals surface area contributed by atoms with Gasteiger partial charge in [0.25, 0.3) is 5.91 Å². The van der Waals surface area contributed by atoms with Crippen molar-refractivity contribution in [2.75, 3.05) is 6.54 Å². The summed E-state index contributed by atoms with van der Waals surface area (Å²) in [7, 11) is 0. The number of aryl methyl sites for hydroxylation is 1. The van der Waals surface area contributed by atoms with Crippen molar-refractivity contribution in [3.8, 4) is 11.3 Å². The molecule has 0 saturated carbocycles. The van der Waals surface area contributed by atoms with E-state index in [4.69, 9.17) is 0 Å². The molecule has 0 fully saturated rings. The quantitative estimate of drug-likeness (QED) is 0.761. The molecule has 0 aliphatic heterocycles. The first-order chi connectivity index (χ1) is 10.7. The summed E-state index contributed by atoms with van der Waals surface area (Å²) in [5.74, 6) is -0.142. The fourth-order valence-corrected chi connectivity index (χ4v) is 3.06. The number of carbonyl (C=O) groups is 1. The molecule has 3 aromatic heterocycles. The summed E-state index contributed by atoms with van der Waals surface area (Å²) in [6, 6.07) is 7.58. The molecule has 6 heteroatoms. The standard InChI is InChI=1S/C16H16N4OS/c1-11-5-8-22-15(11)4-7-18-16(21)14-9-13(19-20-14)12-3-2-6-17-10-12/h2-3,5-6,8-10H,4,7H2,1H3,(H,18,21)(H,19,20). The van der Waals surface area contributed by atoms with Gasteiger partial charge in [-0.3, -0.25) is 14.9 Å². The largest absolute Gasteiger partial charge is 0.350 e. The molecule has 0 radical (unpaired) electrons. The molecule has 0 aromatic carbocycles. The summed E-state index contributed by atoms with van der Waals surface area (Å²) in [6.07, 6.45) is 4.27. The van der Waals surface area contributed by atoms with E-state index >= 15 is 0 Å². The minimum absolute atomic E-state index is 0.142. The third-order valence-corrected chi connectivity index (χ3v) is 4.47. The highest BCUT2D eigenvalue weighted by molar-refractivity contribution is 7.10. The van der Waals surface area contributed by atoms with E-state index in [1.54, 1.807) is 29.8 Å². The number of amides is 1. The lowest BCUT2D eigenvalue weighted by Crippen LogP contribution is -2.25. The van der Waals surface area contributed by atoms with Crippen LogP contribution in [0.5, 0.6) is 0 Å². The summed E-state index contributed by atoms with van der Waals surface area (Å²) in [5.41, 5.74) is 3.33. The molecule has 3 aromatic rings. The lowest BCUT2D eigenvalue weighted by Gasteiger charge is -2.02. The number of aromatic amines is 1. The lowest BCUT2D eigenvalue weighted by atomic mass is 10.2. The normalized spacial score (nSPS) is 10.6. The molecule has 112 valence electrons. The summed E-state index contributed by atoms with van der Waals surface area (Å²) < 4.78 is 0. The molecular weight excluding hydrogens is 296 g/mol. The Morgan fingerprint density at radius 1 is 1.41 bits per heavy atom. The molecule has 0 saturated heterocycles. The monoisotopic (exact) mass is 312 g/mol. The van der Waals surface area contributed by atoms with E-state index < -0.39 is 0 Å². The lowest BCUT2D eigenvalue weighted by molar-refractivity contribution is 0.0949. The minimum Gasteiger partial charge on any atom is -0.350 e. The third-order valence-electron chi connectivity index (χ3n) is 3.39. The Kier molecular flexibility index (Phi) is 4.29. The number of thiophene rings is 1. The first-order valence-corrected chi connectivity index (χ1v) is 7.89. The molecular formula is C16H16N4OS. The van der Waals surface area contributed by atoms with Gasteiger partial charge in [-0.15, -0.1) is 11.3 Å². The Hall–Kier alpha value is -2.47. The topological polar surface area (TPSA) is 70.7 Å². The zero-order chi connectivity index (χ0) is 15.4. The number of hydrogen-bond donors (Lipinski definition) is 2. The Labute approximate surface area is 132 Å². The van der Waals surface area contributed by atoms with Crippen molar-refractivity contribution in [1.29, 1.82) is 0 Å².